The fourth-order valence-electron chi connectivity index (χ4n) is 4.91. The third-order valence-corrected chi connectivity index (χ3v) is 7.21. The summed E-state index contributed by atoms with van der Waals surface area (Å²) in [5.41, 5.74) is 4.59. The van der Waals surface area contributed by atoms with Crippen LogP contribution >= 0.6 is 0 Å². The molecule has 0 spiro atoms. The number of benzodiazepines with no additional fused rings is 1. The first-order valence-corrected chi connectivity index (χ1v) is 13.1. The summed E-state index contributed by atoms with van der Waals surface area (Å²) >= 11 is 0. The van der Waals surface area contributed by atoms with Crippen LogP contribution in [0.25, 0.3) is 0 Å². The molecule has 4 rings (SSSR count). The highest BCUT2D eigenvalue weighted by Crippen LogP contribution is 2.40. The van der Waals surface area contributed by atoms with Gasteiger partial charge in [0.15, 0.2) is 0 Å². The average molecular weight is 599 g/mol. The van der Waals surface area contributed by atoms with E-state index in [0.29, 0.717) is 0 Å². The van der Waals surface area contributed by atoms with Gasteiger partial charge < -0.3 is 21.1 Å². The van der Waals surface area contributed by atoms with Gasteiger partial charge in [0.05, 0.1) is 24.1 Å². The number of alkyl halides is 6. The molecule has 14 heteroatoms. The number of para-hydroxylation sites is 1. The molecule has 42 heavy (non-hydrogen) atoms. The minimum atomic E-state index is -4.70. The molecule has 0 saturated heterocycles. The summed E-state index contributed by atoms with van der Waals surface area (Å²) in [6.45, 7) is 0. The maximum absolute atomic E-state index is 13.5. The lowest BCUT2D eigenvalue weighted by molar-refractivity contribution is -0.146. The van der Waals surface area contributed by atoms with Gasteiger partial charge in [0, 0.05) is 29.4 Å². The summed E-state index contributed by atoms with van der Waals surface area (Å²) in [5, 5.41) is 4.86. The van der Waals surface area contributed by atoms with Crippen LogP contribution in [0.5, 0.6) is 5.75 Å². The molecule has 8 nitrogen and oxygen atoms in total. The lowest BCUT2D eigenvalue weighted by Gasteiger charge is -2.26. The first kappa shape index (κ1) is 30.8. The van der Waals surface area contributed by atoms with Crippen molar-refractivity contribution in [1.82, 2.24) is 5.32 Å². The standard InChI is InChI=1S/C28H28F6N4O4/c1-42-20-7-3-6-18-21(15-4-2-5-16(13-15)28(32,33)34)36-24(26(41)37-22(18)20)38-25(40)17(10-11-27(29,30)31)19(23(35)39)12-14-8-9-14/h2-7,13-14,17,19,24H,8-12H2,1H3,(H2,35,39)(H,37,41)(H,38,40)/t17-,19+,24-/m1/s1. The number of rotatable bonds is 10. The van der Waals surface area contributed by atoms with Crippen LogP contribution in [0.3, 0.4) is 0 Å². The first-order valence-electron chi connectivity index (χ1n) is 13.1. The highest BCUT2D eigenvalue weighted by atomic mass is 19.4. The molecule has 3 atom stereocenters. The zero-order valence-electron chi connectivity index (χ0n) is 22.3. The Hall–Kier alpha value is -4.10. The van der Waals surface area contributed by atoms with Crippen molar-refractivity contribution in [2.24, 2.45) is 28.5 Å². The van der Waals surface area contributed by atoms with Crippen molar-refractivity contribution in [3.8, 4) is 5.75 Å². The molecule has 2 aliphatic rings. The number of hydrogen-bond donors (Lipinski definition) is 3. The summed E-state index contributed by atoms with van der Waals surface area (Å²) in [6.07, 6.45) is -11.6. The number of amides is 3. The van der Waals surface area contributed by atoms with Crippen LogP contribution in [0.1, 0.15) is 48.8 Å². The maximum Gasteiger partial charge on any atom is 0.416 e. The van der Waals surface area contributed by atoms with Crippen LogP contribution in [0.4, 0.5) is 32.0 Å². The Morgan fingerprint density at radius 1 is 1.10 bits per heavy atom. The highest BCUT2D eigenvalue weighted by molar-refractivity contribution is 6.20. The Labute approximate surface area is 236 Å². The van der Waals surface area contributed by atoms with Crippen molar-refractivity contribution in [2.75, 3.05) is 12.4 Å². The van der Waals surface area contributed by atoms with E-state index in [-0.39, 0.29) is 40.6 Å². The second-order valence-electron chi connectivity index (χ2n) is 10.3. The molecule has 1 heterocycles. The SMILES string of the molecule is COc1cccc2c1NC(=O)[C@@H](NC(=O)[C@H](CCC(F)(F)F)[C@H](CC1CC1)C(N)=O)N=C2c1cccc(C(F)(F)F)c1. The molecule has 1 fully saturated rings. The Morgan fingerprint density at radius 2 is 1.79 bits per heavy atom. The van der Waals surface area contributed by atoms with Crippen molar-refractivity contribution < 1.29 is 45.5 Å². The zero-order valence-corrected chi connectivity index (χ0v) is 22.3. The number of ether oxygens (including phenoxy) is 1. The largest absolute Gasteiger partial charge is 0.495 e. The van der Waals surface area contributed by atoms with Gasteiger partial charge in [-0.1, -0.05) is 37.1 Å². The molecule has 2 aromatic rings. The summed E-state index contributed by atoms with van der Waals surface area (Å²) < 4.78 is 85.3. The summed E-state index contributed by atoms with van der Waals surface area (Å²) in [7, 11) is 1.31. The van der Waals surface area contributed by atoms with Crippen LogP contribution in [0.2, 0.25) is 0 Å². The van der Waals surface area contributed by atoms with Crippen molar-refractivity contribution >= 4 is 29.1 Å². The topological polar surface area (TPSA) is 123 Å². The molecule has 226 valence electrons. The number of primary amides is 1. The van der Waals surface area contributed by atoms with E-state index in [1.54, 1.807) is 0 Å². The van der Waals surface area contributed by atoms with Gasteiger partial charge >= 0.3 is 12.4 Å². The average Bonchev–Trinajstić information content (AvgIpc) is 3.74. The van der Waals surface area contributed by atoms with E-state index in [1.165, 1.54) is 31.4 Å². The van der Waals surface area contributed by atoms with Gasteiger partial charge in [-0.05, 0) is 37.0 Å². The number of fused-ring (bicyclic) bond motifs is 1. The van der Waals surface area contributed by atoms with Gasteiger partial charge in [-0.15, -0.1) is 0 Å². The summed E-state index contributed by atoms with van der Waals surface area (Å²) in [5.74, 6) is -5.49. The minimum Gasteiger partial charge on any atom is -0.495 e. The van der Waals surface area contributed by atoms with Gasteiger partial charge in [-0.25, -0.2) is 4.99 Å². The number of carbonyl (C=O) groups is 3. The van der Waals surface area contributed by atoms with Crippen LogP contribution < -0.4 is 21.1 Å². The van der Waals surface area contributed by atoms with E-state index in [2.05, 4.69) is 15.6 Å². The maximum atomic E-state index is 13.5. The second-order valence-corrected chi connectivity index (χ2v) is 10.3. The molecule has 0 radical (unpaired) electrons. The molecular formula is C28H28F6N4O4. The van der Waals surface area contributed by atoms with Gasteiger partial charge in [-0.2, -0.15) is 26.3 Å². The van der Waals surface area contributed by atoms with Crippen molar-refractivity contribution in [2.45, 2.75) is 50.6 Å². The molecule has 0 unspecified atom stereocenters. The zero-order chi connectivity index (χ0) is 30.8. The van der Waals surface area contributed by atoms with E-state index in [4.69, 9.17) is 10.5 Å². The molecule has 1 aliphatic heterocycles. The Bertz CT molecular complexity index is 1390. The molecular weight excluding hydrogens is 570 g/mol. The number of nitrogens with one attached hydrogen (secondary N) is 2. The minimum absolute atomic E-state index is 0.0392. The Balaban J connectivity index is 1.75. The van der Waals surface area contributed by atoms with Crippen LogP contribution in [-0.2, 0) is 20.6 Å². The van der Waals surface area contributed by atoms with Crippen molar-refractivity contribution in [3.05, 3.63) is 59.2 Å². The molecule has 1 saturated carbocycles. The Kier molecular flexibility index (Phi) is 8.83. The van der Waals surface area contributed by atoms with E-state index in [0.717, 1.165) is 31.0 Å². The molecule has 4 N–H and O–H groups in total. The lowest BCUT2D eigenvalue weighted by Crippen LogP contribution is -2.48. The summed E-state index contributed by atoms with van der Waals surface area (Å²) in [4.78, 5) is 43.3. The third-order valence-electron chi connectivity index (χ3n) is 7.21. The quantitative estimate of drug-likeness (QED) is 0.340. The number of nitrogens with zero attached hydrogens (tertiary/aromatic N) is 1. The van der Waals surface area contributed by atoms with E-state index < -0.39 is 66.5 Å². The molecule has 1 aliphatic carbocycles. The smallest absolute Gasteiger partial charge is 0.416 e. The molecule has 2 aromatic carbocycles. The molecule has 3 amide bonds. The predicted molar refractivity (Wildman–Crippen MR) is 139 cm³/mol. The number of halogens is 6. The summed E-state index contributed by atoms with van der Waals surface area (Å²) in [6, 6.07) is 8.64. The number of benzene rings is 2. The van der Waals surface area contributed by atoms with Gasteiger partial charge in [0.2, 0.25) is 18.0 Å². The fourth-order valence-corrected chi connectivity index (χ4v) is 4.91. The van der Waals surface area contributed by atoms with E-state index in [9.17, 15) is 40.7 Å². The third kappa shape index (κ3) is 7.39. The first-order chi connectivity index (χ1) is 19.7. The predicted octanol–water partition coefficient (Wildman–Crippen LogP) is 4.81. The monoisotopic (exact) mass is 598 g/mol. The normalized spacial score (nSPS) is 18.6. The van der Waals surface area contributed by atoms with Crippen LogP contribution in [-0.4, -0.2) is 42.9 Å². The van der Waals surface area contributed by atoms with Crippen LogP contribution in [0, 0.1) is 17.8 Å². The van der Waals surface area contributed by atoms with Gasteiger partial charge in [0.1, 0.15) is 5.75 Å². The van der Waals surface area contributed by atoms with Gasteiger partial charge in [-0.3, -0.25) is 14.4 Å². The van der Waals surface area contributed by atoms with Crippen molar-refractivity contribution in [1.29, 1.82) is 0 Å². The second kappa shape index (κ2) is 12.0. The van der Waals surface area contributed by atoms with Gasteiger partial charge in [0.25, 0.3) is 5.91 Å². The number of aliphatic imine (C=N–C) groups is 1. The van der Waals surface area contributed by atoms with E-state index >= 15 is 0 Å². The van der Waals surface area contributed by atoms with E-state index in [1.807, 2.05) is 0 Å². The Morgan fingerprint density at radius 3 is 2.38 bits per heavy atom. The molecule has 0 bridgehead atoms. The van der Waals surface area contributed by atoms with Crippen LogP contribution in [0.15, 0.2) is 47.5 Å². The number of carbonyl (C=O) groups excluding carboxylic acids is 3. The lowest BCUT2D eigenvalue weighted by atomic mass is 9.83. The number of nitrogens with two attached hydrogens (primary N) is 1. The molecule has 0 aromatic heterocycles. The number of hydrogen-bond acceptors (Lipinski definition) is 5. The number of methoxy groups -OCH3 is 1. The highest BCUT2D eigenvalue weighted by Gasteiger charge is 2.41. The number of anilines is 1. The van der Waals surface area contributed by atoms with Crippen molar-refractivity contribution in [3.63, 3.8) is 0 Å². The fraction of sp³-hybridized carbons (Fsp3) is 0.429.